The van der Waals surface area contributed by atoms with Crippen molar-refractivity contribution >= 4 is 28.3 Å². The summed E-state index contributed by atoms with van der Waals surface area (Å²) in [6, 6.07) is 6.94. The number of rotatable bonds is 4. The van der Waals surface area contributed by atoms with Crippen molar-refractivity contribution in [2.45, 2.75) is 12.5 Å². The van der Waals surface area contributed by atoms with Crippen LogP contribution in [0.4, 0.5) is 5.13 Å². The molecule has 1 N–H and O–H groups in total. The van der Waals surface area contributed by atoms with Crippen LogP contribution in [0.15, 0.2) is 52.7 Å². The average Bonchev–Trinajstić information content (AvgIpc) is 3.37. The van der Waals surface area contributed by atoms with Gasteiger partial charge in [-0.3, -0.25) is 14.6 Å². The number of carbonyl (C=O) groups excluding carboxylic acids is 2. The Labute approximate surface area is 153 Å². The zero-order chi connectivity index (χ0) is 18.1. The number of nitrogens with zero attached hydrogens (tertiary/aromatic N) is 3. The summed E-state index contributed by atoms with van der Waals surface area (Å²) in [6.07, 6.45) is 5.10. The Morgan fingerprint density at radius 2 is 2.27 bits per heavy atom. The first-order chi connectivity index (χ1) is 12.6. The van der Waals surface area contributed by atoms with Crippen molar-refractivity contribution < 1.29 is 14.0 Å². The molecule has 0 bridgehead atoms. The second-order valence-corrected chi connectivity index (χ2v) is 6.91. The van der Waals surface area contributed by atoms with Crippen LogP contribution in [0.25, 0.3) is 11.5 Å². The van der Waals surface area contributed by atoms with Crippen LogP contribution in [-0.4, -0.2) is 33.7 Å². The fourth-order valence-electron chi connectivity index (χ4n) is 3.18. The van der Waals surface area contributed by atoms with Crippen molar-refractivity contribution in [1.29, 1.82) is 0 Å². The number of hydrogen-bond donors (Lipinski definition) is 1. The minimum Gasteiger partial charge on any atom is -0.463 e. The molecule has 0 saturated carbocycles. The normalized spacial score (nSPS) is 19.7. The summed E-state index contributed by atoms with van der Waals surface area (Å²) in [5.74, 6) is -0.134. The van der Waals surface area contributed by atoms with Crippen molar-refractivity contribution in [1.82, 2.24) is 14.9 Å². The molecule has 3 aromatic rings. The van der Waals surface area contributed by atoms with E-state index in [1.54, 1.807) is 42.7 Å². The Bertz CT molecular complexity index is 923. The van der Waals surface area contributed by atoms with E-state index < -0.39 is 5.92 Å². The molecule has 26 heavy (non-hydrogen) atoms. The van der Waals surface area contributed by atoms with Gasteiger partial charge >= 0.3 is 0 Å². The first-order valence-corrected chi connectivity index (χ1v) is 8.97. The lowest BCUT2D eigenvalue weighted by molar-refractivity contribution is -0.127. The standard InChI is InChI=1S/C18H16N4O3S/c1-22-15(23)8-12(16(22)11-4-2-6-19-9-11)17(24)21-18-20-13(10-26-18)14-5-3-7-25-14/h2-7,9-10,12,16H,8H2,1H3,(H,20,21,24). The molecule has 0 radical (unpaired) electrons. The van der Waals surface area contributed by atoms with E-state index in [2.05, 4.69) is 15.3 Å². The molecule has 2 unspecified atom stereocenters. The lowest BCUT2D eigenvalue weighted by atomic mass is 9.94. The van der Waals surface area contributed by atoms with E-state index in [-0.39, 0.29) is 24.3 Å². The van der Waals surface area contributed by atoms with Crippen LogP contribution in [0.1, 0.15) is 18.0 Å². The van der Waals surface area contributed by atoms with Crippen LogP contribution in [0.5, 0.6) is 0 Å². The summed E-state index contributed by atoms with van der Waals surface area (Å²) >= 11 is 1.32. The molecule has 1 aliphatic rings. The molecule has 4 rings (SSSR count). The van der Waals surface area contributed by atoms with Gasteiger partial charge in [0, 0.05) is 31.2 Å². The number of pyridine rings is 1. The van der Waals surface area contributed by atoms with E-state index in [0.29, 0.717) is 16.6 Å². The minimum atomic E-state index is -0.493. The van der Waals surface area contributed by atoms with Gasteiger partial charge in [0.1, 0.15) is 5.69 Å². The van der Waals surface area contributed by atoms with Gasteiger partial charge in [-0.15, -0.1) is 11.3 Å². The predicted molar refractivity (Wildman–Crippen MR) is 96.3 cm³/mol. The maximum absolute atomic E-state index is 12.8. The highest BCUT2D eigenvalue weighted by molar-refractivity contribution is 7.14. The molecule has 3 aromatic heterocycles. The molecule has 7 nitrogen and oxygen atoms in total. The third-order valence-corrected chi connectivity index (χ3v) is 5.21. The molecule has 1 aliphatic heterocycles. The fraction of sp³-hybridized carbons (Fsp3) is 0.222. The van der Waals surface area contributed by atoms with Crippen molar-refractivity contribution in [3.63, 3.8) is 0 Å². The summed E-state index contributed by atoms with van der Waals surface area (Å²) < 4.78 is 5.31. The van der Waals surface area contributed by atoms with Crippen molar-refractivity contribution in [2.75, 3.05) is 12.4 Å². The number of thiazole rings is 1. The maximum atomic E-state index is 12.8. The van der Waals surface area contributed by atoms with E-state index in [1.807, 2.05) is 17.5 Å². The summed E-state index contributed by atoms with van der Waals surface area (Å²) in [6.45, 7) is 0. The summed E-state index contributed by atoms with van der Waals surface area (Å²) in [4.78, 5) is 35.1. The summed E-state index contributed by atoms with van der Waals surface area (Å²) in [5, 5.41) is 5.13. The largest absolute Gasteiger partial charge is 0.463 e. The predicted octanol–water partition coefficient (Wildman–Crippen LogP) is 2.96. The molecule has 0 aliphatic carbocycles. The first-order valence-electron chi connectivity index (χ1n) is 8.09. The Morgan fingerprint density at radius 3 is 3.00 bits per heavy atom. The van der Waals surface area contributed by atoms with Gasteiger partial charge in [-0.05, 0) is 23.8 Å². The summed E-state index contributed by atoms with van der Waals surface area (Å²) in [7, 11) is 1.71. The maximum Gasteiger partial charge on any atom is 0.232 e. The highest BCUT2D eigenvalue weighted by atomic mass is 32.1. The van der Waals surface area contributed by atoms with Gasteiger partial charge < -0.3 is 14.6 Å². The van der Waals surface area contributed by atoms with Gasteiger partial charge in [0.15, 0.2) is 10.9 Å². The first kappa shape index (κ1) is 16.5. The van der Waals surface area contributed by atoms with Crippen LogP contribution in [-0.2, 0) is 9.59 Å². The molecule has 1 fully saturated rings. The lowest BCUT2D eigenvalue weighted by Crippen LogP contribution is -2.30. The van der Waals surface area contributed by atoms with Gasteiger partial charge in [-0.1, -0.05) is 6.07 Å². The van der Waals surface area contributed by atoms with E-state index in [4.69, 9.17) is 4.42 Å². The zero-order valence-corrected chi connectivity index (χ0v) is 14.8. The number of hydrogen-bond acceptors (Lipinski definition) is 6. The SMILES string of the molecule is CN1C(=O)CC(C(=O)Nc2nc(-c3ccco3)cs2)C1c1cccnc1. The van der Waals surface area contributed by atoms with Gasteiger partial charge in [0.2, 0.25) is 11.8 Å². The average molecular weight is 368 g/mol. The third-order valence-electron chi connectivity index (χ3n) is 4.46. The van der Waals surface area contributed by atoms with Crippen LogP contribution in [0, 0.1) is 5.92 Å². The van der Waals surface area contributed by atoms with Gasteiger partial charge in [-0.25, -0.2) is 4.98 Å². The van der Waals surface area contributed by atoms with Crippen LogP contribution in [0.3, 0.4) is 0 Å². The Kier molecular flexibility index (Phi) is 4.26. The monoisotopic (exact) mass is 368 g/mol. The van der Waals surface area contributed by atoms with E-state index >= 15 is 0 Å². The highest BCUT2D eigenvalue weighted by Crippen LogP contribution is 2.37. The lowest BCUT2D eigenvalue weighted by Gasteiger charge is -2.24. The topological polar surface area (TPSA) is 88.3 Å². The second-order valence-electron chi connectivity index (χ2n) is 6.05. The van der Waals surface area contributed by atoms with Crippen molar-refractivity contribution in [2.24, 2.45) is 5.92 Å². The van der Waals surface area contributed by atoms with Gasteiger partial charge in [-0.2, -0.15) is 0 Å². The number of anilines is 1. The molecule has 0 spiro atoms. The van der Waals surface area contributed by atoms with E-state index in [0.717, 1.165) is 5.56 Å². The van der Waals surface area contributed by atoms with Crippen molar-refractivity contribution in [3.8, 4) is 11.5 Å². The number of furan rings is 1. The Hall–Kier alpha value is -3.00. The van der Waals surface area contributed by atoms with Crippen LogP contribution in [0.2, 0.25) is 0 Å². The highest BCUT2D eigenvalue weighted by Gasteiger charge is 2.43. The zero-order valence-electron chi connectivity index (χ0n) is 14.0. The molecule has 2 amide bonds. The van der Waals surface area contributed by atoms with Crippen LogP contribution >= 0.6 is 11.3 Å². The van der Waals surface area contributed by atoms with Gasteiger partial charge in [0.05, 0.1) is 18.2 Å². The molecule has 1 saturated heterocycles. The molecule has 0 aromatic carbocycles. The number of nitrogens with one attached hydrogen (secondary N) is 1. The molecule has 132 valence electrons. The fourth-order valence-corrected chi connectivity index (χ4v) is 3.88. The van der Waals surface area contributed by atoms with Gasteiger partial charge in [0.25, 0.3) is 0 Å². The van der Waals surface area contributed by atoms with Crippen molar-refractivity contribution in [3.05, 3.63) is 53.9 Å². The number of amides is 2. The third kappa shape index (κ3) is 2.99. The quantitative estimate of drug-likeness (QED) is 0.765. The molecular weight excluding hydrogens is 352 g/mol. The molecule has 8 heteroatoms. The Balaban J connectivity index is 1.54. The summed E-state index contributed by atoms with van der Waals surface area (Å²) in [5.41, 5.74) is 1.51. The number of likely N-dealkylation sites (tertiary alicyclic amines) is 1. The molecular formula is C18H16N4O3S. The van der Waals surface area contributed by atoms with E-state index in [1.165, 1.54) is 11.3 Å². The molecule has 2 atom stereocenters. The number of aromatic nitrogens is 2. The number of carbonyl (C=O) groups is 2. The van der Waals surface area contributed by atoms with Crippen LogP contribution < -0.4 is 5.32 Å². The Morgan fingerprint density at radius 1 is 1.38 bits per heavy atom. The smallest absolute Gasteiger partial charge is 0.232 e. The molecule has 4 heterocycles. The minimum absolute atomic E-state index is 0.0607. The van der Waals surface area contributed by atoms with E-state index in [9.17, 15) is 9.59 Å². The second kappa shape index (κ2) is 6.72.